The Morgan fingerprint density at radius 2 is 1.75 bits per heavy atom. The number of carbonyl (C=O) groups is 1. The number of hydrogen-bond donors (Lipinski definition) is 1. The molecule has 1 aliphatic rings. The first-order chi connectivity index (χ1) is 13.4. The molecule has 0 aliphatic carbocycles. The van der Waals surface area contributed by atoms with E-state index in [2.05, 4.69) is 10.4 Å². The molecule has 0 fully saturated rings. The van der Waals surface area contributed by atoms with Crippen molar-refractivity contribution in [3.8, 4) is 11.4 Å². The van der Waals surface area contributed by atoms with Crippen molar-refractivity contribution in [2.45, 2.75) is 18.4 Å². The Morgan fingerprint density at radius 1 is 1.07 bits per heavy atom. The van der Waals surface area contributed by atoms with E-state index >= 15 is 0 Å². The molecular weight excluding hydrogens is 378 g/mol. The first-order valence-corrected chi connectivity index (χ1v) is 10.5. The molecule has 0 saturated carbocycles. The molecule has 2 aromatic carbocycles. The van der Waals surface area contributed by atoms with Crippen LogP contribution in [0.2, 0.25) is 0 Å². The van der Waals surface area contributed by atoms with Gasteiger partial charge in [-0.2, -0.15) is 5.10 Å². The second kappa shape index (κ2) is 6.79. The second-order valence-corrected chi connectivity index (χ2v) is 8.80. The molecule has 4 rings (SSSR count). The topological polar surface area (TPSA) is 90.3 Å². The maximum Gasteiger partial charge on any atom is 0.256 e. The van der Waals surface area contributed by atoms with Crippen LogP contribution in [0.5, 0.6) is 5.75 Å². The third-order valence-electron chi connectivity index (χ3n) is 4.65. The summed E-state index contributed by atoms with van der Waals surface area (Å²) >= 11 is 0. The average Bonchev–Trinajstić information content (AvgIpc) is 3.15. The predicted molar refractivity (Wildman–Crippen MR) is 106 cm³/mol. The fourth-order valence-electron chi connectivity index (χ4n) is 3.17. The summed E-state index contributed by atoms with van der Waals surface area (Å²) in [6, 6.07) is 14.3. The number of anilines is 1. The molecule has 0 bridgehead atoms. The van der Waals surface area contributed by atoms with Gasteiger partial charge >= 0.3 is 0 Å². The van der Waals surface area contributed by atoms with Crippen molar-refractivity contribution in [3.63, 3.8) is 0 Å². The maximum atomic E-state index is 12.8. The SMILES string of the molecule is COc1ccc(C(=O)Nc2c3c(nn2-c2ccc(C)cc2)CS(=O)(=O)C3)cc1. The summed E-state index contributed by atoms with van der Waals surface area (Å²) in [5, 5.41) is 7.31. The molecule has 1 aromatic heterocycles. The van der Waals surface area contributed by atoms with Gasteiger partial charge in [-0.15, -0.1) is 0 Å². The van der Waals surface area contributed by atoms with Crippen LogP contribution >= 0.6 is 0 Å². The zero-order valence-electron chi connectivity index (χ0n) is 15.5. The number of aryl methyl sites for hydroxylation is 1. The number of ether oxygens (including phenoxy) is 1. The lowest BCUT2D eigenvalue weighted by molar-refractivity contribution is 0.102. The van der Waals surface area contributed by atoms with Crippen molar-refractivity contribution in [1.29, 1.82) is 0 Å². The van der Waals surface area contributed by atoms with Crippen LogP contribution < -0.4 is 10.1 Å². The molecule has 1 amide bonds. The minimum atomic E-state index is -3.24. The highest BCUT2D eigenvalue weighted by Gasteiger charge is 2.33. The third-order valence-corrected chi connectivity index (χ3v) is 6.09. The van der Waals surface area contributed by atoms with Gasteiger partial charge in [-0.1, -0.05) is 17.7 Å². The number of amides is 1. The van der Waals surface area contributed by atoms with Gasteiger partial charge in [0.25, 0.3) is 5.91 Å². The van der Waals surface area contributed by atoms with Gasteiger partial charge in [0, 0.05) is 11.1 Å². The normalized spacial score (nSPS) is 14.5. The van der Waals surface area contributed by atoms with E-state index in [4.69, 9.17) is 4.74 Å². The Morgan fingerprint density at radius 3 is 2.39 bits per heavy atom. The zero-order valence-corrected chi connectivity index (χ0v) is 16.3. The Kier molecular flexibility index (Phi) is 4.43. The van der Waals surface area contributed by atoms with Crippen LogP contribution in [-0.4, -0.2) is 31.2 Å². The Bertz CT molecular complexity index is 1150. The molecule has 8 heteroatoms. The van der Waals surface area contributed by atoms with Crippen LogP contribution in [0.3, 0.4) is 0 Å². The van der Waals surface area contributed by atoms with Gasteiger partial charge < -0.3 is 10.1 Å². The van der Waals surface area contributed by atoms with Gasteiger partial charge in [0.2, 0.25) is 0 Å². The lowest BCUT2D eigenvalue weighted by Crippen LogP contribution is -2.17. The van der Waals surface area contributed by atoms with Crippen molar-refractivity contribution in [2.24, 2.45) is 0 Å². The second-order valence-electron chi connectivity index (χ2n) is 6.74. The van der Waals surface area contributed by atoms with Crippen LogP contribution in [0.25, 0.3) is 5.69 Å². The highest BCUT2D eigenvalue weighted by molar-refractivity contribution is 7.90. The molecule has 7 nitrogen and oxygen atoms in total. The zero-order chi connectivity index (χ0) is 19.9. The van der Waals surface area contributed by atoms with Gasteiger partial charge in [-0.05, 0) is 43.3 Å². The summed E-state index contributed by atoms with van der Waals surface area (Å²) in [4.78, 5) is 12.8. The molecule has 1 aliphatic heterocycles. The standard InChI is InChI=1S/C20H19N3O4S/c1-13-3-7-15(8-4-13)23-19(17-11-28(25,26)12-18(17)22-23)21-20(24)14-5-9-16(27-2)10-6-14/h3-10H,11-12H2,1-2H3,(H,21,24). The van der Waals surface area contributed by atoms with Crippen LogP contribution in [-0.2, 0) is 21.3 Å². The van der Waals surface area contributed by atoms with Crippen LogP contribution in [0.15, 0.2) is 48.5 Å². The molecule has 0 radical (unpaired) electrons. The van der Waals surface area contributed by atoms with E-state index in [9.17, 15) is 13.2 Å². The Labute approximate surface area is 162 Å². The Hall–Kier alpha value is -3.13. The van der Waals surface area contributed by atoms with Crippen LogP contribution in [0.1, 0.15) is 27.2 Å². The fraction of sp³-hybridized carbons (Fsp3) is 0.200. The lowest BCUT2D eigenvalue weighted by atomic mass is 10.2. The Balaban J connectivity index is 1.74. The van der Waals surface area contributed by atoms with E-state index in [0.29, 0.717) is 28.4 Å². The number of carbonyl (C=O) groups excluding carboxylic acids is 1. The average molecular weight is 397 g/mol. The minimum Gasteiger partial charge on any atom is -0.497 e. The van der Waals surface area contributed by atoms with E-state index in [1.54, 1.807) is 36.1 Å². The highest BCUT2D eigenvalue weighted by Crippen LogP contribution is 2.33. The van der Waals surface area contributed by atoms with E-state index in [1.165, 1.54) is 0 Å². The number of rotatable bonds is 4. The minimum absolute atomic E-state index is 0.118. The van der Waals surface area contributed by atoms with Crippen molar-refractivity contribution in [3.05, 3.63) is 70.9 Å². The molecule has 0 unspecified atom stereocenters. The molecular formula is C20H19N3O4S. The molecule has 28 heavy (non-hydrogen) atoms. The lowest BCUT2D eigenvalue weighted by Gasteiger charge is -2.11. The number of sulfone groups is 1. The monoisotopic (exact) mass is 397 g/mol. The molecule has 0 spiro atoms. The number of hydrogen-bond acceptors (Lipinski definition) is 5. The first kappa shape index (κ1) is 18.2. The molecule has 1 N–H and O–H groups in total. The summed E-state index contributed by atoms with van der Waals surface area (Å²) in [6.45, 7) is 1.98. The molecule has 2 heterocycles. The number of benzene rings is 2. The van der Waals surface area contributed by atoms with Crippen LogP contribution in [0.4, 0.5) is 5.82 Å². The quantitative estimate of drug-likeness (QED) is 0.731. The number of fused-ring (bicyclic) bond motifs is 1. The van der Waals surface area contributed by atoms with Gasteiger partial charge in [0.15, 0.2) is 9.84 Å². The summed E-state index contributed by atoms with van der Waals surface area (Å²) in [5.41, 5.74) is 3.30. The van der Waals surface area contributed by atoms with E-state index in [0.717, 1.165) is 11.3 Å². The van der Waals surface area contributed by atoms with E-state index in [-0.39, 0.29) is 17.4 Å². The smallest absolute Gasteiger partial charge is 0.256 e. The summed E-state index contributed by atoms with van der Waals surface area (Å²) in [7, 11) is -1.69. The number of methoxy groups -OCH3 is 1. The molecule has 0 atom stereocenters. The predicted octanol–water partition coefficient (Wildman–Crippen LogP) is 2.87. The summed E-state index contributed by atoms with van der Waals surface area (Å²) < 4.78 is 30.8. The number of nitrogens with one attached hydrogen (secondary N) is 1. The van der Waals surface area contributed by atoms with Crippen molar-refractivity contribution >= 4 is 21.6 Å². The molecule has 0 saturated heterocycles. The number of aromatic nitrogens is 2. The van der Waals surface area contributed by atoms with Crippen molar-refractivity contribution in [2.75, 3.05) is 12.4 Å². The summed E-state index contributed by atoms with van der Waals surface area (Å²) in [5.74, 6) is 0.441. The summed E-state index contributed by atoms with van der Waals surface area (Å²) in [6.07, 6.45) is 0. The van der Waals surface area contributed by atoms with Crippen LogP contribution in [0, 0.1) is 6.92 Å². The van der Waals surface area contributed by atoms with Crippen molar-refractivity contribution in [1.82, 2.24) is 9.78 Å². The fourth-order valence-corrected chi connectivity index (χ4v) is 4.66. The maximum absolute atomic E-state index is 12.8. The van der Waals surface area contributed by atoms with Gasteiger partial charge in [0.05, 0.1) is 30.0 Å². The first-order valence-electron chi connectivity index (χ1n) is 8.70. The third kappa shape index (κ3) is 3.38. The molecule has 144 valence electrons. The van der Waals surface area contributed by atoms with Gasteiger partial charge in [-0.25, -0.2) is 13.1 Å². The highest BCUT2D eigenvalue weighted by atomic mass is 32.2. The number of nitrogens with zero attached hydrogens (tertiary/aromatic N) is 2. The molecule has 3 aromatic rings. The van der Waals surface area contributed by atoms with Gasteiger partial charge in [-0.3, -0.25) is 4.79 Å². The largest absolute Gasteiger partial charge is 0.497 e. The van der Waals surface area contributed by atoms with Gasteiger partial charge in [0.1, 0.15) is 11.6 Å². The van der Waals surface area contributed by atoms with E-state index in [1.807, 2.05) is 31.2 Å². The van der Waals surface area contributed by atoms with E-state index < -0.39 is 9.84 Å². The van der Waals surface area contributed by atoms with Crippen molar-refractivity contribution < 1.29 is 17.9 Å².